The van der Waals surface area contributed by atoms with Gasteiger partial charge in [-0.2, -0.15) is 0 Å². The highest BCUT2D eigenvalue weighted by atomic mass is 79.9. The quantitative estimate of drug-likeness (QED) is 0.370. The van der Waals surface area contributed by atoms with Crippen LogP contribution >= 0.6 is 15.9 Å². The van der Waals surface area contributed by atoms with E-state index in [1.807, 2.05) is 0 Å². The number of nitrogens with zero attached hydrogens (tertiary/aromatic N) is 1. The van der Waals surface area contributed by atoms with Crippen LogP contribution in [0.4, 0.5) is 14.5 Å². The van der Waals surface area contributed by atoms with Crippen LogP contribution in [0.25, 0.3) is 0 Å². The van der Waals surface area contributed by atoms with Crippen molar-refractivity contribution < 1.29 is 18.5 Å². The third-order valence-corrected chi connectivity index (χ3v) is 2.14. The number of ketones is 1. The van der Waals surface area contributed by atoms with Gasteiger partial charge in [0.25, 0.3) is 5.69 Å². The second kappa shape index (κ2) is 4.43. The van der Waals surface area contributed by atoms with Gasteiger partial charge in [0.2, 0.25) is 0 Å². The number of hydrogen-bond acceptors (Lipinski definition) is 3. The van der Waals surface area contributed by atoms with Crippen LogP contribution in [-0.2, 0) is 0 Å². The van der Waals surface area contributed by atoms with Gasteiger partial charge < -0.3 is 0 Å². The minimum Gasteiger partial charge on any atom is -0.293 e. The van der Waals surface area contributed by atoms with Gasteiger partial charge in [0, 0.05) is 6.07 Å². The Kier molecular flexibility index (Phi) is 3.46. The third-order valence-electron chi connectivity index (χ3n) is 1.63. The van der Waals surface area contributed by atoms with Crippen LogP contribution in [0, 0.1) is 21.7 Å². The monoisotopic (exact) mass is 279 g/mol. The molecule has 0 aliphatic heterocycles. The first-order chi connectivity index (χ1) is 6.97. The van der Waals surface area contributed by atoms with Gasteiger partial charge in [0.05, 0.1) is 16.3 Å². The number of carbonyl (C=O) groups excluding carboxylic acids is 1. The normalized spacial score (nSPS) is 10.1. The number of benzene rings is 1. The molecule has 80 valence electrons. The number of nitro benzene ring substituents is 1. The van der Waals surface area contributed by atoms with Gasteiger partial charge >= 0.3 is 0 Å². The maximum absolute atomic E-state index is 13.1. The molecule has 1 rings (SSSR count). The van der Waals surface area contributed by atoms with Gasteiger partial charge in [-0.15, -0.1) is 0 Å². The fourth-order valence-corrected chi connectivity index (χ4v) is 1.33. The average molecular weight is 280 g/mol. The van der Waals surface area contributed by atoms with Crippen molar-refractivity contribution >= 4 is 27.4 Å². The summed E-state index contributed by atoms with van der Waals surface area (Å²) < 4.78 is 25.8. The van der Waals surface area contributed by atoms with Crippen LogP contribution in [0.15, 0.2) is 12.1 Å². The lowest BCUT2D eigenvalue weighted by Gasteiger charge is -2.01. The Labute approximate surface area is 91.2 Å². The summed E-state index contributed by atoms with van der Waals surface area (Å²) >= 11 is 2.75. The molecule has 0 saturated carbocycles. The van der Waals surface area contributed by atoms with Crippen LogP contribution in [-0.4, -0.2) is 16.0 Å². The molecule has 0 fully saturated rings. The van der Waals surface area contributed by atoms with Crippen molar-refractivity contribution in [3.05, 3.63) is 39.4 Å². The summed E-state index contributed by atoms with van der Waals surface area (Å²) in [5.41, 5.74) is -1.57. The molecule has 0 radical (unpaired) electrons. The molecule has 0 aliphatic carbocycles. The van der Waals surface area contributed by atoms with Crippen LogP contribution in [0.1, 0.15) is 10.4 Å². The maximum atomic E-state index is 13.1. The van der Waals surface area contributed by atoms with E-state index >= 15 is 0 Å². The van der Waals surface area contributed by atoms with E-state index in [1.165, 1.54) is 0 Å². The van der Waals surface area contributed by atoms with E-state index in [0.29, 0.717) is 12.1 Å². The Morgan fingerprint density at radius 3 is 2.53 bits per heavy atom. The van der Waals surface area contributed by atoms with Gasteiger partial charge in [0.1, 0.15) is 17.2 Å². The first-order valence-electron chi connectivity index (χ1n) is 3.70. The zero-order valence-corrected chi connectivity index (χ0v) is 8.75. The molecule has 0 aliphatic rings. The minimum atomic E-state index is -1.23. The first kappa shape index (κ1) is 11.7. The molecular weight excluding hydrogens is 276 g/mol. The molecule has 0 heterocycles. The van der Waals surface area contributed by atoms with Gasteiger partial charge in [-0.25, -0.2) is 8.78 Å². The van der Waals surface area contributed by atoms with Gasteiger partial charge in [-0.3, -0.25) is 14.9 Å². The van der Waals surface area contributed by atoms with E-state index in [9.17, 15) is 23.7 Å². The highest BCUT2D eigenvalue weighted by Crippen LogP contribution is 2.24. The van der Waals surface area contributed by atoms with Crippen molar-refractivity contribution in [2.75, 3.05) is 5.33 Å². The smallest absolute Gasteiger partial charge is 0.286 e. The first-order valence-corrected chi connectivity index (χ1v) is 4.82. The topological polar surface area (TPSA) is 60.2 Å². The predicted molar refractivity (Wildman–Crippen MR) is 51.1 cm³/mol. The second-order valence-electron chi connectivity index (χ2n) is 2.60. The van der Waals surface area contributed by atoms with Crippen molar-refractivity contribution in [2.45, 2.75) is 0 Å². The van der Waals surface area contributed by atoms with Crippen molar-refractivity contribution in [3.63, 3.8) is 0 Å². The molecule has 0 bridgehead atoms. The lowest BCUT2D eigenvalue weighted by molar-refractivity contribution is -0.385. The highest BCUT2D eigenvalue weighted by Gasteiger charge is 2.25. The summed E-state index contributed by atoms with van der Waals surface area (Å²) in [5, 5.41) is 10.2. The summed E-state index contributed by atoms with van der Waals surface area (Å²) in [6.45, 7) is 0. The van der Waals surface area contributed by atoms with E-state index in [4.69, 9.17) is 0 Å². The van der Waals surface area contributed by atoms with E-state index in [0.717, 1.165) is 0 Å². The molecule has 4 nitrogen and oxygen atoms in total. The predicted octanol–water partition coefficient (Wildman–Crippen LogP) is 2.45. The Morgan fingerprint density at radius 1 is 1.47 bits per heavy atom. The fraction of sp³-hybridized carbons (Fsp3) is 0.125. The Hall–Kier alpha value is -1.37. The molecule has 0 amide bonds. The number of carbonyl (C=O) groups is 1. The summed E-state index contributed by atoms with van der Waals surface area (Å²) in [6.07, 6.45) is 0. The molecule has 0 spiro atoms. The summed E-state index contributed by atoms with van der Waals surface area (Å²) in [7, 11) is 0. The van der Waals surface area contributed by atoms with E-state index in [-0.39, 0.29) is 5.33 Å². The molecule has 0 N–H and O–H groups in total. The molecule has 0 unspecified atom stereocenters. The van der Waals surface area contributed by atoms with E-state index in [2.05, 4.69) is 15.9 Å². The van der Waals surface area contributed by atoms with Crippen molar-refractivity contribution in [1.29, 1.82) is 0 Å². The van der Waals surface area contributed by atoms with E-state index < -0.39 is 33.6 Å². The standard InChI is InChI=1S/C8H4BrF2NO3/c9-3-7(13)8-5(11)1-4(10)2-6(8)12(14)15/h1-2H,3H2. The highest BCUT2D eigenvalue weighted by molar-refractivity contribution is 9.09. The average Bonchev–Trinajstić information content (AvgIpc) is 2.15. The van der Waals surface area contributed by atoms with Gasteiger partial charge in [-0.05, 0) is 0 Å². The number of Topliss-reactive ketones (excluding diaryl/α,β-unsaturated/α-hetero) is 1. The molecule has 15 heavy (non-hydrogen) atoms. The zero-order valence-electron chi connectivity index (χ0n) is 7.17. The van der Waals surface area contributed by atoms with E-state index in [1.54, 1.807) is 0 Å². The number of nitro groups is 1. The molecular formula is C8H4BrF2NO3. The SMILES string of the molecule is O=C(CBr)c1c(F)cc(F)cc1[N+](=O)[O-]. The Bertz CT molecular complexity index is 436. The molecule has 0 atom stereocenters. The van der Waals surface area contributed by atoms with Crippen LogP contribution in [0.5, 0.6) is 0 Å². The van der Waals surface area contributed by atoms with Gasteiger partial charge in [0.15, 0.2) is 5.78 Å². The molecule has 0 saturated heterocycles. The summed E-state index contributed by atoms with van der Waals surface area (Å²) in [6, 6.07) is 0.946. The van der Waals surface area contributed by atoms with Crippen molar-refractivity contribution in [1.82, 2.24) is 0 Å². The number of hydrogen-bond donors (Lipinski definition) is 0. The zero-order chi connectivity index (χ0) is 11.6. The number of halogens is 3. The number of alkyl halides is 1. The molecule has 1 aromatic carbocycles. The largest absolute Gasteiger partial charge is 0.293 e. The lowest BCUT2D eigenvalue weighted by atomic mass is 10.1. The Morgan fingerprint density at radius 2 is 2.07 bits per heavy atom. The van der Waals surface area contributed by atoms with Gasteiger partial charge in [-0.1, -0.05) is 15.9 Å². The van der Waals surface area contributed by atoms with Crippen molar-refractivity contribution in [3.8, 4) is 0 Å². The molecule has 1 aromatic rings. The molecule has 7 heteroatoms. The second-order valence-corrected chi connectivity index (χ2v) is 3.16. The summed E-state index contributed by atoms with van der Waals surface area (Å²) in [4.78, 5) is 20.6. The number of rotatable bonds is 3. The van der Waals surface area contributed by atoms with Crippen LogP contribution in [0.3, 0.4) is 0 Å². The Balaban J connectivity index is 3.46. The van der Waals surface area contributed by atoms with Crippen molar-refractivity contribution in [2.24, 2.45) is 0 Å². The molecule has 0 aromatic heterocycles. The summed E-state index contributed by atoms with van der Waals surface area (Å²) in [5.74, 6) is -3.13. The fourth-order valence-electron chi connectivity index (χ4n) is 1.05. The lowest BCUT2D eigenvalue weighted by Crippen LogP contribution is -2.08. The van der Waals surface area contributed by atoms with Crippen LogP contribution < -0.4 is 0 Å². The minimum absolute atomic E-state index is 0.267. The maximum Gasteiger partial charge on any atom is 0.286 e. The third kappa shape index (κ3) is 2.35. The van der Waals surface area contributed by atoms with Crippen LogP contribution in [0.2, 0.25) is 0 Å².